The summed E-state index contributed by atoms with van der Waals surface area (Å²) in [6.07, 6.45) is 0.122. The van der Waals surface area contributed by atoms with Gasteiger partial charge in [0.15, 0.2) is 0 Å². The third-order valence-electron chi connectivity index (χ3n) is 2.43. The Balaban J connectivity index is 2.53. The highest BCUT2D eigenvalue weighted by Crippen LogP contribution is 2.16. The van der Waals surface area contributed by atoms with E-state index in [-0.39, 0.29) is 18.8 Å². The van der Waals surface area contributed by atoms with E-state index in [1.54, 1.807) is 6.07 Å². The number of nitrogens with one attached hydrogen (secondary N) is 1. The molecule has 0 aliphatic rings. The standard InChI is InChI=1S/C14H21FN2O2/c1-10(2)8-17-9-11-5-12(15)7-13(6-11)19-4-3-14(16)18/h5-7,10,17H,3-4,8-9H2,1-2H3,(H2,16,18). The Morgan fingerprint density at radius 3 is 2.79 bits per heavy atom. The van der Waals surface area contributed by atoms with Crippen molar-refractivity contribution in [3.05, 3.63) is 29.6 Å². The van der Waals surface area contributed by atoms with Gasteiger partial charge in [0.25, 0.3) is 0 Å². The van der Waals surface area contributed by atoms with Crippen LogP contribution in [0.25, 0.3) is 0 Å². The Kier molecular flexibility index (Phi) is 6.29. The van der Waals surface area contributed by atoms with Crippen molar-refractivity contribution in [2.75, 3.05) is 13.2 Å². The second-order valence-corrected chi connectivity index (χ2v) is 4.88. The van der Waals surface area contributed by atoms with Crippen LogP contribution in [0.15, 0.2) is 18.2 Å². The van der Waals surface area contributed by atoms with Gasteiger partial charge >= 0.3 is 0 Å². The molecule has 0 fully saturated rings. The first-order chi connectivity index (χ1) is 8.97. The van der Waals surface area contributed by atoms with Crippen LogP contribution in [-0.4, -0.2) is 19.1 Å². The molecule has 1 aromatic carbocycles. The zero-order valence-corrected chi connectivity index (χ0v) is 11.4. The van der Waals surface area contributed by atoms with Gasteiger partial charge in [-0.3, -0.25) is 4.79 Å². The predicted molar refractivity (Wildman–Crippen MR) is 72.3 cm³/mol. The maximum Gasteiger partial charge on any atom is 0.220 e. The molecule has 5 heteroatoms. The molecule has 1 amide bonds. The molecular weight excluding hydrogens is 247 g/mol. The lowest BCUT2D eigenvalue weighted by molar-refractivity contribution is -0.118. The number of halogens is 1. The SMILES string of the molecule is CC(C)CNCc1cc(F)cc(OCCC(N)=O)c1. The molecule has 19 heavy (non-hydrogen) atoms. The maximum atomic E-state index is 13.4. The van der Waals surface area contributed by atoms with E-state index < -0.39 is 5.91 Å². The van der Waals surface area contributed by atoms with Crippen LogP contribution in [-0.2, 0) is 11.3 Å². The van der Waals surface area contributed by atoms with E-state index >= 15 is 0 Å². The molecule has 4 nitrogen and oxygen atoms in total. The molecule has 1 aromatic rings. The van der Waals surface area contributed by atoms with Gasteiger partial charge in [-0.2, -0.15) is 0 Å². The molecule has 0 unspecified atom stereocenters. The number of carbonyl (C=O) groups excluding carboxylic acids is 1. The predicted octanol–water partition coefficient (Wildman–Crippen LogP) is 1.83. The van der Waals surface area contributed by atoms with E-state index in [2.05, 4.69) is 19.2 Å². The first-order valence-electron chi connectivity index (χ1n) is 6.38. The zero-order chi connectivity index (χ0) is 14.3. The van der Waals surface area contributed by atoms with Crippen LogP contribution in [0.4, 0.5) is 4.39 Å². The molecule has 0 bridgehead atoms. The van der Waals surface area contributed by atoms with Gasteiger partial charge in [-0.15, -0.1) is 0 Å². The number of carbonyl (C=O) groups is 1. The number of hydrogen-bond donors (Lipinski definition) is 2. The minimum atomic E-state index is -0.435. The molecule has 0 saturated carbocycles. The Labute approximate surface area is 113 Å². The fraction of sp³-hybridized carbons (Fsp3) is 0.500. The maximum absolute atomic E-state index is 13.4. The Bertz CT molecular complexity index is 422. The Morgan fingerprint density at radius 1 is 1.42 bits per heavy atom. The fourth-order valence-corrected chi connectivity index (χ4v) is 1.58. The molecule has 0 atom stereocenters. The van der Waals surface area contributed by atoms with Crippen molar-refractivity contribution < 1.29 is 13.9 Å². The lowest BCUT2D eigenvalue weighted by Crippen LogP contribution is -2.19. The second kappa shape index (κ2) is 7.74. The van der Waals surface area contributed by atoms with Crippen LogP contribution >= 0.6 is 0 Å². The number of benzene rings is 1. The van der Waals surface area contributed by atoms with E-state index in [1.165, 1.54) is 12.1 Å². The van der Waals surface area contributed by atoms with Gasteiger partial charge in [-0.1, -0.05) is 13.8 Å². The third kappa shape index (κ3) is 6.76. The summed E-state index contributed by atoms with van der Waals surface area (Å²) in [5, 5.41) is 3.23. The van der Waals surface area contributed by atoms with E-state index in [4.69, 9.17) is 10.5 Å². The van der Waals surface area contributed by atoms with Gasteiger partial charge in [0.2, 0.25) is 5.91 Å². The summed E-state index contributed by atoms with van der Waals surface area (Å²) < 4.78 is 18.7. The summed E-state index contributed by atoms with van der Waals surface area (Å²) in [6, 6.07) is 4.53. The van der Waals surface area contributed by atoms with Crippen LogP contribution in [0.5, 0.6) is 5.75 Å². The van der Waals surface area contributed by atoms with Crippen LogP contribution in [0.3, 0.4) is 0 Å². The van der Waals surface area contributed by atoms with Crippen LogP contribution in [0.2, 0.25) is 0 Å². The molecule has 0 radical (unpaired) electrons. The van der Waals surface area contributed by atoms with Crippen molar-refractivity contribution >= 4 is 5.91 Å². The number of amides is 1. The van der Waals surface area contributed by atoms with Gasteiger partial charge in [0.1, 0.15) is 11.6 Å². The van der Waals surface area contributed by atoms with Gasteiger partial charge in [-0.25, -0.2) is 4.39 Å². The van der Waals surface area contributed by atoms with Crippen LogP contribution < -0.4 is 15.8 Å². The first-order valence-corrected chi connectivity index (χ1v) is 6.38. The topological polar surface area (TPSA) is 64.3 Å². The Hall–Kier alpha value is -1.62. The summed E-state index contributed by atoms with van der Waals surface area (Å²) in [4.78, 5) is 10.6. The number of primary amides is 1. The van der Waals surface area contributed by atoms with E-state index in [1.807, 2.05) is 0 Å². The normalized spacial score (nSPS) is 10.7. The fourth-order valence-electron chi connectivity index (χ4n) is 1.58. The van der Waals surface area contributed by atoms with E-state index in [0.29, 0.717) is 18.2 Å². The largest absolute Gasteiger partial charge is 0.493 e. The summed E-state index contributed by atoms with van der Waals surface area (Å²) in [5.74, 6) is 0.176. The number of hydrogen-bond acceptors (Lipinski definition) is 3. The molecule has 106 valence electrons. The molecule has 3 N–H and O–H groups in total. The highest BCUT2D eigenvalue weighted by Gasteiger charge is 2.03. The molecule has 0 aromatic heterocycles. The lowest BCUT2D eigenvalue weighted by Gasteiger charge is -2.10. The molecule has 0 heterocycles. The second-order valence-electron chi connectivity index (χ2n) is 4.88. The average Bonchev–Trinajstić information content (AvgIpc) is 2.27. The first kappa shape index (κ1) is 15.4. The number of nitrogens with two attached hydrogens (primary N) is 1. The van der Waals surface area contributed by atoms with Crippen molar-refractivity contribution in [3.8, 4) is 5.75 Å². The van der Waals surface area contributed by atoms with Crippen molar-refractivity contribution in [2.24, 2.45) is 11.7 Å². The number of ether oxygens (including phenoxy) is 1. The molecule has 0 aliphatic heterocycles. The van der Waals surface area contributed by atoms with Crippen LogP contribution in [0.1, 0.15) is 25.8 Å². The summed E-state index contributed by atoms with van der Waals surface area (Å²) in [6.45, 7) is 5.84. The molecule has 1 rings (SSSR count). The lowest BCUT2D eigenvalue weighted by atomic mass is 10.2. The number of rotatable bonds is 8. The van der Waals surface area contributed by atoms with Crippen molar-refractivity contribution in [1.29, 1.82) is 0 Å². The van der Waals surface area contributed by atoms with E-state index in [0.717, 1.165) is 12.1 Å². The van der Waals surface area contributed by atoms with Gasteiger partial charge in [0.05, 0.1) is 13.0 Å². The van der Waals surface area contributed by atoms with Gasteiger partial charge in [-0.05, 0) is 30.2 Å². The zero-order valence-electron chi connectivity index (χ0n) is 11.4. The van der Waals surface area contributed by atoms with Crippen molar-refractivity contribution in [3.63, 3.8) is 0 Å². The van der Waals surface area contributed by atoms with Crippen LogP contribution in [0, 0.1) is 11.7 Å². The molecule has 0 spiro atoms. The van der Waals surface area contributed by atoms with Gasteiger partial charge < -0.3 is 15.8 Å². The average molecular weight is 268 g/mol. The highest BCUT2D eigenvalue weighted by atomic mass is 19.1. The smallest absolute Gasteiger partial charge is 0.220 e. The Morgan fingerprint density at radius 2 is 2.16 bits per heavy atom. The highest BCUT2D eigenvalue weighted by molar-refractivity contribution is 5.73. The molecule has 0 aliphatic carbocycles. The summed E-state index contributed by atoms with van der Waals surface area (Å²) >= 11 is 0. The minimum absolute atomic E-state index is 0.122. The third-order valence-corrected chi connectivity index (χ3v) is 2.43. The molecular formula is C14H21FN2O2. The quantitative estimate of drug-likeness (QED) is 0.756. The van der Waals surface area contributed by atoms with Crippen molar-refractivity contribution in [2.45, 2.75) is 26.8 Å². The molecule has 0 saturated heterocycles. The van der Waals surface area contributed by atoms with Gasteiger partial charge in [0, 0.05) is 12.6 Å². The minimum Gasteiger partial charge on any atom is -0.493 e. The monoisotopic (exact) mass is 268 g/mol. The van der Waals surface area contributed by atoms with E-state index in [9.17, 15) is 9.18 Å². The summed E-state index contributed by atoms with van der Waals surface area (Å²) in [7, 11) is 0. The van der Waals surface area contributed by atoms with Crippen molar-refractivity contribution in [1.82, 2.24) is 5.32 Å². The summed E-state index contributed by atoms with van der Waals surface area (Å²) in [5.41, 5.74) is 5.82.